The maximum Gasteiger partial charge on any atom is 0.113 e. The Morgan fingerprint density at radius 3 is 2.86 bits per heavy atom. The molecule has 1 nitrogen and oxygen atoms in total. The molecule has 0 atom stereocenters. The van der Waals surface area contributed by atoms with Gasteiger partial charge in [-0.1, -0.05) is 31.4 Å². The molecule has 0 aliphatic carbocycles. The average Bonchev–Trinajstić information content (AvgIpc) is 2.47. The van der Waals surface area contributed by atoms with Crippen LogP contribution in [0.5, 0.6) is 0 Å². The third-order valence-corrected chi connectivity index (χ3v) is 2.42. The third kappa shape index (κ3) is 1.70. The zero-order valence-corrected chi connectivity index (χ0v) is 8.67. The summed E-state index contributed by atoms with van der Waals surface area (Å²) in [6.45, 7) is 4.45. The van der Waals surface area contributed by atoms with Crippen LogP contribution in [-0.2, 0) is 6.42 Å². The minimum Gasteiger partial charge on any atom is -0.361 e. The van der Waals surface area contributed by atoms with E-state index in [2.05, 4.69) is 25.0 Å². The molecule has 1 aromatic carbocycles. The van der Waals surface area contributed by atoms with Gasteiger partial charge < -0.3 is 4.98 Å². The van der Waals surface area contributed by atoms with E-state index in [-0.39, 0.29) is 0 Å². The van der Waals surface area contributed by atoms with Crippen LogP contribution in [-0.4, -0.2) is 12.8 Å². The van der Waals surface area contributed by atoms with E-state index in [1.165, 1.54) is 16.5 Å². The quantitative estimate of drug-likeness (QED) is 0.686. The molecular formula is C12H14BN. The average molecular weight is 183 g/mol. The summed E-state index contributed by atoms with van der Waals surface area (Å²) in [6.07, 6.45) is 3.19. The molecule has 1 aromatic heterocycles. The molecule has 0 bridgehead atoms. The van der Waals surface area contributed by atoms with Crippen molar-refractivity contribution in [2.45, 2.75) is 20.3 Å². The molecule has 1 N–H and O–H groups in total. The molecule has 0 fully saturated rings. The van der Waals surface area contributed by atoms with Crippen molar-refractivity contribution >= 4 is 24.2 Å². The van der Waals surface area contributed by atoms with Crippen molar-refractivity contribution in [2.24, 2.45) is 5.92 Å². The van der Waals surface area contributed by atoms with Gasteiger partial charge in [-0.3, -0.25) is 0 Å². The molecule has 0 amide bonds. The summed E-state index contributed by atoms with van der Waals surface area (Å²) < 4.78 is 0. The zero-order valence-electron chi connectivity index (χ0n) is 8.67. The van der Waals surface area contributed by atoms with Gasteiger partial charge in [-0.25, -0.2) is 0 Å². The summed E-state index contributed by atoms with van der Waals surface area (Å²) in [6, 6.07) is 6.01. The lowest BCUT2D eigenvalue weighted by atomic mass is 9.93. The first-order valence-corrected chi connectivity index (χ1v) is 5.02. The Morgan fingerprint density at radius 2 is 2.14 bits per heavy atom. The summed E-state index contributed by atoms with van der Waals surface area (Å²) in [5, 5.41) is 1.26. The van der Waals surface area contributed by atoms with Gasteiger partial charge in [0.2, 0.25) is 0 Å². The number of fused-ring (bicyclic) bond motifs is 1. The lowest BCUT2D eigenvalue weighted by molar-refractivity contribution is 0.650. The number of hydrogen-bond donors (Lipinski definition) is 1. The number of H-pyrrole nitrogens is 1. The summed E-state index contributed by atoms with van der Waals surface area (Å²) >= 11 is 0. The van der Waals surface area contributed by atoms with Crippen LogP contribution in [0.3, 0.4) is 0 Å². The summed E-state index contributed by atoms with van der Waals surface area (Å²) in [7, 11) is 5.77. The van der Waals surface area contributed by atoms with Crippen LogP contribution in [0.25, 0.3) is 10.9 Å². The highest BCUT2D eigenvalue weighted by Gasteiger charge is 2.04. The van der Waals surface area contributed by atoms with Crippen molar-refractivity contribution < 1.29 is 0 Å². The van der Waals surface area contributed by atoms with Crippen LogP contribution in [0, 0.1) is 5.92 Å². The molecule has 2 rings (SSSR count). The van der Waals surface area contributed by atoms with E-state index in [1.807, 2.05) is 18.2 Å². The van der Waals surface area contributed by atoms with Gasteiger partial charge in [0.25, 0.3) is 0 Å². The smallest absolute Gasteiger partial charge is 0.113 e. The number of nitrogens with one attached hydrogen (secondary N) is 1. The van der Waals surface area contributed by atoms with Gasteiger partial charge in [-0.2, -0.15) is 0 Å². The highest BCUT2D eigenvalue weighted by Crippen LogP contribution is 2.19. The van der Waals surface area contributed by atoms with Crippen molar-refractivity contribution in [1.29, 1.82) is 0 Å². The summed E-state index contributed by atoms with van der Waals surface area (Å²) in [5.41, 5.74) is 3.37. The molecule has 2 radical (unpaired) electrons. The van der Waals surface area contributed by atoms with Crippen LogP contribution >= 0.6 is 0 Å². The highest BCUT2D eigenvalue weighted by atomic mass is 14.7. The molecule has 0 unspecified atom stereocenters. The molecular weight excluding hydrogens is 169 g/mol. The SMILES string of the molecule is [B]c1ccc2[nH]cc(CC(C)C)c2c1. The van der Waals surface area contributed by atoms with Gasteiger partial charge in [0.15, 0.2) is 0 Å². The van der Waals surface area contributed by atoms with Crippen LogP contribution in [0.15, 0.2) is 24.4 Å². The van der Waals surface area contributed by atoms with Crippen molar-refractivity contribution in [3.05, 3.63) is 30.0 Å². The van der Waals surface area contributed by atoms with Gasteiger partial charge in [0, 0.05) is 17.1 Å². The van der Waals surface area contributed by atoms with E-state index < -0.39 is 0 Å². The van der Waals surface area contributed by atoms with Gasteiger partial charge >= 0.3 is 0 Å². The first-order chi connectivity index (χ1) is 6.66. The summed E-state index contributed by atoms with van der Waals surface area (Å²) in [5.74, 6) is 0.676. The molecule has 1 heterocycles. The fourth-order valence-electron chi connectivity index (χ4n) is 1.80. The van der Waals surface area contributed by atoms with Crippen LogP contribution < -0.4 is 5.46 Å². The van der Waals surface area contributed by atoms with Gasteiger partial charge in [0.05, 0.1) is 0 Å². The molecule has 0 spiro atoms. The minimum atomic E-state index is 0.676. The third-order valence-electron chi connectivity index (χ3n) is 2.42. The Morgan fingerprint density at radius 1 is 1.36 bits per heavy atom. The first-order valence-electron chi connectivity index (χ1n) is 5.02. The molecule has 14 heavy (non-hydrogen) atoms. The number of hydrogen-bond acceptors (Lipinski definition) is 0. The Bertz CT molecular complexity index is 443. The topological polar surface area (TPSA) is 15.8 Å². The second-order valence-electron chi connectivity index (χ2n) is 4.22. The summed E-state index contributed by atoms with van der Waals surface area (Å²) in [4.78, 5) is 3.27. The Hall–Kier alpha value is -1.18. The Kier molecular flexibility index (Phi) is 2.36. The fraction of sp³-hybridized carbons (Fsp3) is 0.333. The van der Waals surface area contributed by atoms with Crippen molar-refractivity contribution in [2.75, 3.05) is 0 Å². The molecule has 2 aromatic rings. The van der Waals surface area contributed by atoms with E-state index in [1.54, 1.807) is 0 Å². The lowest BCUT2D eigenvalue weighted by Crippen LogP contribution is -2.00. The van der Waals surface area contributed by atoms with E-state index in [0.717, 1.165) is 11.9 Å². The number of aromatic amines is 1. The maximum atomic E-state index is 5.77. The van der Waals surface area contributed by atoms with E-state index in [9.17, 15) is 0 Å². The van der Waals surface area contributed by atoms with Crippen LogP contribution in [0.4, 0.5) is 0 Å². The first kappa shape index (κ1) is 9.38. The van der Waals surface area contributed by atoms with Crippen LogP contribution in [0.2, 0.25) is 0 Å². The maximum absolute atomic E-state index is 5.77. The standard InChI is InChI=1S/C12H14BN/c1-8(2)5-9-7-14-12-4-3-10(13)6-11(9)12/h3-4,6-8,14H,5H2,1-2H3. The van der Waals surface area contributed by atoms with Gasteiger partial charge in [-0.15, -0.1) is 0 Å². The molecule has 0 aliphatic heterocycles. The molecule has 70 valence electrons. The highest BCUT2D eigenvalue weighted by molar-refractivity contribution is 6.33. The second kappa shape index (κ2) is 3.53. The van der Waals surface area contributed by atoms with Gasteiger partial charge in [0.1, 0.15) is 7.85 Å². The normalized spacial score (nSPS) is 11.4. The predicted octanol–water partition coefficient (Wildman–Crippen LogP) is 2.16. The van der Waals surface area contributed by atoms with E-state index in [4.69, 9.17) is 7.85 Å². The Labute approximate surface area is 85.9 Å². The van der Waals surface area contributed by atoms with Crippen molar-refractivity contribution in [3.8, 4) is 0 Å². The van der Waals surface area contributed by atoms with Crippen molar-refractivity contribution in [1.82, 2.24) is 4.98 Å². The number of benzene rings is 1. The van der Waals surface area contributed by atoms with E-state index in [0.29, 0.717) is 5.92 Å². The number of rotatable bonds is 2. The van der Waals surface area contributed by atoms with Crippen molar-refractivity contribution in [3.63, 3.8) is 0 Å². The predicted molar refractivity (Wildman–Crippen MR) is 62.2 cm³/mol. The molecule has 0 aliphatic rings. The minimum absolute atomic E-state index is 0.676. The Balaban J connectivity index is 2.50. The van der Waals surface area contributed by atoms with E-state index >= 15 is 0 Å². The molecule has 2 heteroatoms. The lowest BCUT2D eigenvalue weighted by Gasteiger charge is -2.03. The zero-order chi connectivity index (χ0) is 10.1. The van der Waals surface area contributed by atoms with Gasteiger partial charge in [-0.05, 0) is 24.0 Å². The van der Waals surface area contributed by atoms with Crippen LogP contribution in [0.1, 0.15) is 19.4 Å². The monoisotopic (exact) mass is 183 g/mol. The molecule has 0 saturated heterocycles. The second-order valence-corrected chi connectivity index (χ2v) is 4.22. The fourth-order valence-corrected chi connectivity index (χ4v) is 1.80. The molecule has 0 saturated carbocycles. The number of aromatic nitrogens is 1. The largest absolute Gasteiger partial charge is 0.361 e.